The first kappa shape index (κ1) is 22.3. The van der Waals surface area contributed by atoms with Crippen LogP contribution >= 0.6 is 22.9 Å². The van der Waals surface area contributed by atoms with Crippen LogP contribution in [0.5, 0.6) is 0 Å². The van der Waals surface area contributed by atoms with Gasteiger partial charge in [-0.15, -0.1) is 11.3 Å². The maximum absolute atomic E-state index is 13.9. The highest BCUT2D eigenvalue weighted by molar-refractivity contribution is 7.17. The summed E-state index contributed by atoms with van der Waals surface area (Å²) in [5.74, 6) is -1.47. The Hall–Kier alpha value is -3.18. The van der Waals surface area contributed by atoms with Crippen LogP contribution in [0, 0.1) is 24.2 Å². The van der Waals surface area contributed by atoms with Crippen LogP contribution in [0.4, 0.5) is 10.7 Å². The number of thiophene rings is 1. The number of hydrogen-bond acceptors (Lipinski definition) is 6. The minimum Gasteiger partial charge on any atom is -0.273 e. The van der Waals surface area contributed by atoms with E-state index >= 15 is 0 Å². The molecule has 6 rings (SSSR count). The van der Waals surface area contributed by atoms with Crippen molar-refractivity contribution in [2.24, 2.45) is 5.92 Å². The van der Waals surface area contributed by atoms with Gasteiger partial charge in [0.25, 0.3) is 5.91 Å². The summed E-state index contributed by atoms with van der Waals surface area (Å²) in [4.78, 5) is 36.2. The molecule has 2 aliphatic heterocycles. The van der Waals surface area contributed by atoms with Crippen molar-refractivity contribution in [1.82, 2.24) is 0 Å². The Morgan fingerprint density at radius 2 is 1.74 bits per heavy atom. The number of aryl methyl sites for hydroxylation is 2. The van der Waals surface area contributed by atoms with Gasteiger partial charge in [-0.25, -0.2) is 9.96 Å². The quantitative estimate of drug-likeness (QED) is 0.440. The largest absolute Gasteiger partial charge is 0.273 e. The number of carbonyl (C=O) groups is 2. The topological polar surface area (TPSA) is 73.6 Å². The highest BCUT2D eigenvalue weighted by Crippen LogP contribution is 2.50. The molecule has 176 valence electrons. The number of anilines is 2. The number of rotatable bonds is 3. The number of nitrogens with zero attached hydrogens (tertiary/aromatic N) is 3. The number of imide groups is 1. The normalized spacial score (nSPS) is 23.4. The number of halogens is 1. The standard InChI is InChI=1S/C27H22ClN3O3S/c1-15-6-8-16(9-7-15)23-22-24(34-31(23)18-12-10-17(28)11-13-18)26(33)30(25(22)32)27-20(14-29)19-4-2-3-5-21(19)35-27/h6-13,22-24H,2-5H2,1H3/t22-,23+,24+/m1/s1. The summed E-state index contributed by atoms with van der Waals surface area (Å²) in [6.07, 6.45) is 2.80. The van der Waals surface area contributed by atoms with Gasteiger partial charge in [0, 0.05) is 9.90 Å². The fourth-order valence-electron chi connectivity index (χ4n) is 5.35. The third kappa shape index (κ3) is 3.48. The zero-order chi connectivity index (χ0) is 24.3. The fourth-order valence-corrected chi connectivity index (χ4v) is 6.83. The van der Waals surface area contributed by atoms with Gasteiger partial charge in [0.05, 0.1) is 17.3 Å². The van der Waals surface area contributed by atoms with Crippen LogP contribution in [0.2, 0.25) is 5.02 Å². The van der Waals surface area contributed by atoms with E-state index in [2.05, 4.69) is 6.07 Å². The molecule has 0 N–H and O–H groups in total. The van der Waals surface area contributed by atoms with Crippen LogP contribution in [0.3, 0.4) is 0 Å². The van der Waals surface area contributed by atoms with Gasteiger partial charge in [0.15, 0.2) is 6.10 Å². The van der Waals surface area contributed by atoms with Crippen molar-refractivity contribution in [2.75, 3.05) is 9.96 Å². The Bertz CT molecular complexity index is 1380. The van der Waals surface area contributed by atoms with Crippen LogP contribution < -0.4 is 9.96 Å². The lowest BCUT2D eigenvalue weighted by Gasteiger charge is -2.28. The Morgan fingerprint density at radius 3 is 2.46 bits per heavy atom. The molecule has 2 fully saturated rings. The van der Waals surface area contributed by atoms with Gasteiger partial charge in [-0.3, -0.25) is 14.4 Å². The molecule has 1 aromatic heterocycles. The molecule has 2 saturated heterocycles. The molecule has 3 atom stereocenters. The van der Waals surface area contributed by atoms with E-state index in [1.54, 1.807) is 17.2 Å². The maximum atomic E-state index is 13.9. The average Bonchev–Trinajstić information content (AvgIpc) is 3.50. The number of hydroxylamine groups is 1. The minimum absolute atomic E-state index is 0.322. The van der Waals surface area contributed by atoms with Crippen molar-refractivity contribution >= 4 is 45.4 Å². The van der Waals surface area contributed by atoms with E-state index in [-0.39, 0.29) is 5.91 Å². The Morgan fingerprint density at radius 1 is 1.03 bits per heavy atom. The molecule has 0 unspecified atom stereocenters. The minimum atomic E-state index is -0.963. The summed E-state index contributed by atoms with van der Waals surface area (Å²) in [6.45, 7) is 2.00. The monoisotopic (exact) mass is 503 g/mol. The zero-order valence-corrected chi connectivity index (χ0v) is 20.6. The third-order valence-electron chi connectivity index (χ3n) is 7.08. The van der Waals surface area contributed by atoms with Crippen molar-refractivity contribution in [3.63, 3.8) is 0 Å². The summed E-state index contributed by atoms with van der Waals surface area (Å²) in [5.41, 5.74) is 4.15. The maximum Gasteiger partial charge on any atom is 0.267 e. The van der Waals surface area contributed by atoms with E-state index in [4.69, 9.17) is 16.4 Å². The van der Waals surface area contributed by atoms with Crippen LogP contribution in [0.1, 0.15) is 46.0 Å². The molecule has 3 aliphatic rings. The summed E-state index contributed by atoms with van der Waals surface area (Å²) < 4.78 is 0. The summed E-state index contributed by atoms with van der Waals surface area (Å²) in [7, 11) is 0. The smallest absolute Gasteiger partial charge is 0.267 e. The van der Waals surface area contributed by atoms with Gasteiger partial charge in [-0.2, -0.15) is 5.26 Å². The molecule has 2 amide bonds. The first-order valence-corrected chi connectivity index (χ1v) is 12.9. The van der Waals surface area contributed by atoms with Gasteiger partial charge in [-0.1, -0.05) is 41.4 Å². The van der Waals surface area contributed by atoms with Gasteiger partial charge in [0.1, 0.15) is 17.0 Å². The van der Waals surface area contributed by atoms with Crippen LogP contribution in [0.25, 0.3) is 0 Å². The molecule has 8 heteroatoms. The molecule has 3 heterocycles. The molecular weight excluding hydrogens is 482 g/mol. The van der Waals surface area contributed by atoms with Gasteiger partial charge >= 0.3 is 0 Å². The first-order valence-electron chi connectivity index (χ1n) is 11.7. The predicted octanol–water partition coefficient (Wildman–Crippen LogP) is 5.51. The molecule has 0 bridgehead atoms. The molecule has 0 spiro atoms. The second-order valence-corrected chi connectivity index (χ2v) is 10.7. The Kier molecular flexibility index (Phi) is 5.41. The highest BCUT2D eigenvalue weighted by Gasteiger charge is 2.61. The lowest BCUT2D eigenvalue weighted by atomic mass is 9.90. The molecular formula is C27H22ClN3O3S. The third-order valence-corrected chi connectivity index (χ3v) is 8.61. The number of benzene rings is 2. The van der Waals surface area contributed by atoms with Gasteiger partial charge in [0.2, 0.25) is 5.91 Å². The zero-order valence-electron chi connectivity index (χ0n) is 19.0. The lowest BCUT2D eigenvalue weighted by molar-refractivity contribution is -0.126. The van der Waals surface area contributed by atoms with Gasteiger partial charge < -0.3 is 0 Å². The van der Waals surface area contributed by atoms with E-state index in [1.807, 2.05) is 43.3 Å². The lowest BCUT2D eigenvalue weighted by Crippen LogP contribution is -2.37. The highest BCUT2D eigenvalue weighted by atomic mass is 35.5. The van der Waals surface area contributed by atoms with E-state index < -0.39 is 24.0 Å². The van der Waals surface area contributed by atoms with E-state index in [0.717, 1.165) is 47.3 Å². The summed E-state index contributed by atoms with van der Waals surface area (Å²) in [6, 6.07) is 16.8. The molecule has 35 heavy (non-hydrogen) atoms. The average molecular weight is 504 g/mol. The molecule has 3 aromatic rings. The fraction of sp³-hybridized carbons (Fsp3) is 0.296. The number of fused-ring (bicyclic) bond motifs is 2. The molecule has 2 aromatic carbocycles. The second kappa shape index (κ2) is 8.49. The molecule has 0 radical (unpaired) electrons. The van der Waals surface area contributed by atoms with Crippen molar-refractivity contribution in [1.29, 1.82) is 5.26 Å². The molecule has 1 aliphatic carbocycles. The van der Waals surface area contributed by atoms with E-state index in [1.165, 1.54) is 16.2 Å². The van der Waals surface area contributed by atoms with Crippen molar-refractivity contribution in [2.45, 2.75) is 44.8 Å². The Labute approximate surface area is 212 Å². The SMILES string of the molecule is Cc1ccc([C@H]2[C@H]3C(=O)N(c4sc5c(c4C#N)CCCC5)C(=O)[C@H]3ON2c2ccc(Cl)cc2)cc1. The predicted molar refractivity (Wildman–Crippen MR) is 134 cm³/mol. The Balaban J connectivity index is 1.44. The summed E-state index contributed by atoms with van der Waals surface area (Å²) in [5, 5.41) is 12.6. The van der Waals surface area contributed by atoms with Crippen LogP contribution in [-0.2, 0) is 27.3 Å². The number of carbonyl (C=O) groups excluding carboxylic acids is 2. The number of nitriles is 1. The van der Waals surface area contributed by atoms with E-state index in [0.29, 0.717) is 21.3 Å². The van der Waals surface area contributed by atoms with Crippen LogP contribution in [-0.4, -0.2) is 17.9 Å². The van der Waals surface area contributed by atoms with Crippen molar-refractivity contribution in [3.8, 4) is 6.07 Å². The van der Waals surface area contributed by atoms with Crippen molar-refractivity contribution < 1.29 is 14.4 Å². The number of amides is 2. The molecule has 6 nitrogen and oxygen atoms in total. The molecule has 0 saturated carbocycles. The van der Waals surface area contributed by atoms with Crippen LogP contribution in [0.15, 0.2) is 48.5 Å². The van der Waals surface area contributed by atoms with Crippen molar-refractivity contribution in [3.05, 3.63) is 80.7 Å². The summed E-state index contributed by atoms with van der Waals surface area (Å²) >= 11 is 7.50. The van der Waals surface area contributed by atoms with Gasteiger partial charge in [-0.05, 0) is 68.0 Å². The first-order chi connectivity index (χ1) is 17.0. The second-order valence-electron chi connectivity index (χ2n) is 9.22. The van der Waals surface area contributed by atoms with E-state index in [9.17, 15) is 14.9 Å². The number of hydrogen-bond donors (Lipinski definition) is 0.